The molecule has 4 nitrogen and oxygen atoms in total. The lowest BCUT2D eigenvalue weighted by atomic mass is 9.91. The maximum atomic E-state index is 12.6. The standard InChI is InChI=1S/C17H27N3OS/c21-16(19-13-14-7-4-2-1-3-5-8-14)15-9-6-11-20(15)17-18-10-12-22-17/h10,12,14-15H,1-9,11,13H2,(H,19,21)/t15-/m1/s1. The first-order valence-corrected chi connectivity index (χ1v) is 9.66. The molecule has 5 heteroatoms. The van der Waals surface area contributed by atoms with E-state index < -0.39 is 0 Å². The molecule has 2 fully saturated rings. The van der Waals surface area contributed by atoms with E-state index in [-0.39, 0.29) is 11.9 Å². The van der Waals surface area contributed by atoms with Crippen LogP contribution in [0.1, 0.15) is 57.8 Å². The summed E-state index contributed by atoms with van der Waals surface area (Å²) in [5, 5.41) is 6.20. The zero-order valence-corrected chi connectivity index (χ0v) is 14.1. The molecular formula is C17H27N3OS. The lowest BCUT2D eigenvalue weighted by Gasteiger charge is -2.25. The molecule has 1 aromatic rings. The van der Waals surface area contributed by atoms with E-state index in [4.69, 9.17) is 0 Å². The summed E-state index contributed by atoms with van der Waals surface area (Å²) >= 11 is 1.63. The molecule has 0 spiro atoms. The molecule has 1 amide bonds. The van der Waals surface area contributed by atoms with Crippen LogP contribution in [-0.4, -0.2) is 30.0 Å². The number of thiazole rings is 1. The molecular weight excluding hydrogens is 294 g/mol. The Labute approximate surface area is 137 Å². The van der Waals surface area contributed by atoms with Crippen molar-refractivity contribution in [2.24, 2.45) is 5.92 Å². The van der Waals surface area contributed by atoms with E-state index in [1.165, 1.54) is 44.9 Å². The van der Waals surface area contributed by atoms with Crippen LogP contribution in [0.2, 0.25) is 0 Å². The average molecular weight is 321 g/mol. The van der Waals surface area contributed by atoms with Gasteiger partial charge in [0, 0.05) is 24.7 Å². The third-order valence-corrected chi connectivity index (χ3v) is 5.82. The van der Waals surface area contributed by atoms with Crippen LogP contribution in [0.25, 0.3) is 0 Å². The Kier molecular flexibility index (Phi) is 5.70. The molecule has 22 heavy (non-hydrogen) atoms. The van der Waals surface area contributed by atoms with Gasteiger partial charge in [0.15, 0.2) is 5.13 Å². The Hall–Kier alpha value is -1.10. The van der Waals surface area contributed by atoms with Gasteiger partial charge in [-0.05, 0) is 31.6 Å². The van der Waals surface area contributed by atoms with Crippen molar-refractivity contribution in [2.45, 2.75) is 63.8 Å². The van der Waals surface area contributed by atoms with Crippen LogP contribution in [-0.2, 0) is 4.79 Å². The van der Waals surface area contributed by atoms with Gasteiger partial charge in [0.1, 0.15) is 6.04 Å². The fraction of sp³-hybridized carbons (Fsp3) is 0.765. The highest BCUT2D eigenvalue weighted by molar-refractivity contribution is 7.13. The Balaban J connectivity index is 1.50. The molecule has 122 valence electrons. The highest BCUT2D eigenvalue weighted by atomic mass is 32.1. The normalized spacial score (nSPS) is 24.0. The summed E-state index contributed by atoms with van der Waals surface area (Å²) in [6, 6.07) is -0.0142. The van der Waals surface area contributed by atoms with Gasteiger partial charge >= 0.3 is 0 Å². The fourth-order valence-electron chi connectivity index (χ4n) is 3.73. The monoisotopic (exact) mass is 321 g/mol. The van der Waals surface area contributed by atoms with E-state index in [0.29, 0.717) is 5.92 Å². The highest BCUT2D eigenvalue weighted by Crippen LogP contribution is 2.27. The quantitative estimate of drug-likeness (QED) is 0.922. The lowest BCUT2D eigenvalue weighted by Crippen LogP contribution is -2.44. The van der Waals surface area contributed by atoms with Crippen molar-refractivity contribution in [1.29, 1.82) is 0 Å². The Morgan fingerprint density at radius 1 is 1.18 bits per heavy atom. The van der Waals surface area contributed by atoms with Crippen molar-refractivity contribution in [1.82, 2.24) is 10.3 Å². The van der Waals surface area contributed by atoms with E-state index in [9.17, 15) is 4.79 Å². The Bertz CT molecular complexity index is 454. The minimum atomic E-state index is -0.0142. The van der Waals surface area contributed by atoms with Gasteiger partial charge < -0.3 is 10.2 Å². The number of carbonyl (C=O) groups excluding carboxylic acids is 1. The number of nitrogens with one attached hydrogen (secondary N) is 1. The van der Waals surface area contributed by atoms with Crippen LogP contribution in [0, 0.1) is 5.92 Å². The fourth-order valence-corrected chi connectivity index (χ4v) is 4.45. The average Bonchev–Trinajstić information content (AvgIpc) is 3.16. The number of rotatable bonds is 4. The maximum Gasteiger partial charge on any atom is 0.242 e. The third-order valence-electron chi connectivity index (χ3n) is 5.01. The molecule has 0 aromatic carbocycles. The minimum absolute atomic E-state index is 0.0142. The predicted molar refractivity (Wildman–Crippen MR) is 91.3 cm³/mol. The molecule has 1 aliphatic heterocycles. The summed E-state index contributed by atoms with van der Waals surface area (Å²) in [4.78, 5) is 19.1. The first kappa shape index (κ1) is 15.8. The lowest BCUT2D eigenvalue weighted by molar-refractivity contribution is -0.122. The molecule has 1 aliphatic carbocycles. The molecule has 1 atom stereocenters. The van der Waals surface area contributed by atoms with Gasteiger partial charge in [-0.15, -0.1) is 11.3 Å². The summed E-state index contributed by atoms with van der Waals surface area (Å²) in [7, 11) is 0. The number of amides is 1. The van der Waals surface area contributed by atoms with Crippen LogP contribution in [0.3, 0.4) is 0 Å². The van der Waals surface area contributed by atoms with Gasteiger partial charge in [-0.3, -0.25) is 4.79 Å². The van der Waals surface area contributed by atoms with Gasteiger partial charge in [0.2, 0.25) is 5.91 Å². The molecule has 3 rings (SSSR count). The SMILES string of the molecule is O=C(NCC1CCCCCCC1)[C@H]1CCCN1c1nccs1. The number of hydrogen-bond donors (Lipinski definition) is 1. The molecule has 1 saturated heterocycles. The molecule has 2 aliphatic rings. The largest absolute Gasteiger partial charge is 0.354 e. The van der Waals surface area contributed by atoms with Crippen molar-refractivity contribution in [3.05, 3.63) is 11.6 Å². The smallest absolute Gasteiger partial charge is 0.242 e. The summed E-state index contributed by atoms with van der Waals surface area (Å²) in [5.74, 6) is 0.883. The molecule has 0 bridgehead atoms. The third kappa shape index (κ3) is 4.00. The first-order valence-electron chi connectivity index (χ1n) is 8.78. The van der Waals surface area contributed by atoms with Crippen molar-refractivity contribution in [3.63, 3.8) is 0 Å². The molecule has 1 aromatic heterocycles. The van der Waals surface area contributed by atoms with E-state index in [1.807, 2.05) is 11.6 Å². The maximum absolute atomic E-state index is 12.6. The van der Waals surface area contributed by atoms with Gasteiger partial charge in [0.05, 0.1) is 0 Å². The van der Waals surface area contributed by atoms with E-state index >= 15 is 0 Å². The topological polar surface area (TPSA) is 45.2 Å². The Morgan fingerprint density at radius 2 is 1.95 bits per heavy atom. The highest BCUT2D eigenvalue weighted by Gasteiger charge is 2.32. The summed E-state index contributed by atoms with van der Waals surface area (Å²) < 4.78 is 0. The van der Waals surface area contributed by atoms with E-state index in [0.717, 1.165) is 31.1 Å². The number of nitrogens with zero attached hydrogens (tertiary/aromatic N) is 2. The number of aromatic nitrogens is 1. The number of anilines is 1. The van der Waals surface area contributed by atoms with Crippen molar-refractivity contribution >= 4 is 22.4 Å². The van der Waals surface area contributed by atoms with Crippen LogP contribution < -0.4 is 10.2 Å². The number of carbonyl (C=O) groups is 1. The minimum Gasteiger partial charge on any atom is -0.354 e. The molecule has 1 saturated carbocycles. The second-order valence-corrected chi connectivity index (χ2v) is 7.50. The summed E-state index contributed by atoms with van der Waals surface area (Å²) in [6.45, 7) is 1.82. The van der Waals surface area contributed by atoms with Gasteiger partial charge in [-0.25, -0.2) is 4.98 Å². The summed E-state index contributed by atoms with van der Waals surface area (Å²) in [5.41, 5.74) is 0. The Morgan fingerprint density at radius 3 is 2.68 bits per heavy atom. The molecule has 0 radical (unpaired) electrons. The molecule has 0 unspecified atom stereocenters. The zero-order valence-electron chi connectivity index (χ0n) is 13.3. The van der Waals surface area contributed by atoms with Crippen LogP contribution in [0.4, 0.5) is 5.13 Å². The molecule has 2 heterocycles. The van der Waals surface area contributed by atoms with Crippen molar-refractivity contribution in [3.8, 4) is 0 Å². The van der Waals surface area contributed by atoms with Crippen molar-refractivity contribution < 1.29 is 4.79 Å². The first-order chi connectivity index (χ1) is 10.8. The van der Waals surface area contributed by atoms with Gasteiger partial charge in [-0.2, -0.15) is 0 Å². The second-order valence-electron chi connectivity index (χ2n) is 6.62. The number of hydrogen-bond acceptors (Lipinski definition) is 4. The second kappa shape index (κ2) is 7.95. The van der Waals surface area contributed by atoms with Crippen LogP contribution >= 0.6 is 11.3 Å². The van der Waals surface area contributed by atoms with Crippen molar-refractivity contribution in [2.75, 3.05) is 18.0 Å². The van der Waals surface area contributed by atoms with Crippen LogP contribution in [0.15, 0.2) is 11.6 Å². The predicted octanol–water partition coefficient (Wildman–Crippen LogP) is 3.59. The van der Waals surface area contributed by atoms with Gasteiger partial charge in [-0.1, -0.05) is 32.1 Å². The van der Waals surface area contributed by atoms with E-state index in [2.05, 4.69) is 15.2 Å². The van der Waals surface area contributed by atoms with E-state index in [1.54, 1.807) is 11.3 Å². The van der Waals surface area contributed by atoms with Gasteiger partial charge in [0.25, 0.3) is 0 Å². The summed E-state index contributed by atoms with van der Waals surface area (Å²) in [6.07, 6.45) is 13.2. The van der Waals surface area contributed by atoms with Crippen LogP contribution in [0.5, 0.6) is 0 Å². The zero-order chi connectivity index (χ0) is 15.2. The molecule has 1 N–H and O–H groups in total.